The van der Waals surface area contributed by atoms with Crippen LogP contribution in [0.5, 0.6) is 0 Å². The largest absolute Gasteiger partial charge is 0.480 e. The number of amides is 1. The lowest BCUT2D eigenvalue weighted by Crippen LogP contribution is -2.50. The third-order valence-electron chi connectivity index (χ3n) is 4.65. The summed E-state index contributed by atoms with van der Waals surface area (Å²) in [6.45, 7) is 5.59. The summed E-state index contributed by atoms with van der Waals surface area (Å²) in [5.41, 5.74) is 0.729. The summed E-state index contributed by atoms with van der Waals surface area (Å²) in [5, 5.41) is 12.0. The Hall–Kier alpha value is -1.78. The fourth-order valence-corrected chi connectivity index (χ4v) is 3.16. The Morgan fingerprint density at radius 1 is 1.45 bits per heavy atom. The molecule has 0 aromatic carbocycles. The Morgan fingerprint density at radius 3 is 2.73 bits per heavy atom. The summed E-state index contributed by atoms with van der Waals surface area (Å²) in [6.07, 6.45) is 9.31. The summed E-state index contributed by atoms with van der Waals surface area (Å²) in [4.78, 5) is 23.4. The van der Waals surface area contributed by atoms with Gasteiger partial charge in [0.25, 0.3) is 0 Å². The fraction of sp³-hybridized carbons (Fsp3) is 0.647. The van der Waals surface area contributed by atoms with Crippen molar-refractivity contribution in [3.8, 4) is 0 Å². The van der Waals surface area contributed by atoms with Crippen LogP contribution >= 0.6 is 0 Å². The highest BCUT2D eigenvalue weighted by Crippen LogP contribution is 2.41. The summed E-state index contributed by atoms with van der Waals surface area (Å²) < 4.78 is 5.28. The van der Waals surface area contributed by atoms with E-state index in [-0.39, 0.29) is 11.5 Å². The van der Waals surface area contributed by atoms with Crippen LogP contribution < -0.4 is 5.32 Å². The minimum absolute atomic E-state index is 0.185. The van der Waals surface area contributed by atoms with Gasteiger partial charge in [-0.2, -0.15) is 0 Å². The molecule has 0 aliphatic heterocycles. The van der Waals surface area contributed by atoms with Crippen molar-refractivity contribution in [3.63, 3.8) is 0 Å². The van der Waals surface area contributed by atoms with E-state index in [0.717, 1.165) is 50.5 Å². The Labute approximate surface area is 131 Å². The van der Waals surface area contributed by atoms with Crippen LogP contribution in [0.15, 0.2) is 24.3 Å². The molecule has 2 fully saturated rings. The molecule has 2 aliphatic carbocycles. The third kappa shape index (κ3) is 4.12. The highest BCUT2D eigenvalue weighted by atomic mass is 16.6. The number of ether oxygens (including phenoxy) is 1. The number of carbonyl (C=O) groups is 2. The molecule has 0 spiro atoms. The molecule has 1 amide bonds. The molecule has 0 unspecified atom stereocenters. The maximum Gasteiger partial charge on any atom is 0.408 e. The second-order valence-corrected chi connectivity index (χ2v) is 6.52. The summed E-state index contributed by atoms with van der Waals surface area (Å²) in [6, 6.07) is -0.880. The number of aliphatic carboxylic acids is 1. The van der Waals surface area contributed by atoms with Gasteiger partial charge in [-0.15, -0.1) is 6.58 Å². The van der Waals surface area contributed by atoms with Gasteiger partial charge >= 0.3 is 12.1 Å². The molecular weight excluding hydrogens is 282 g/mol. The lowest BCUT2D eigenvalue weighted by atomic mass is 9.80. The first kappa shape index (κ1) is 16.6. The van der Waals surface area contributed by atoms with E-state index in [2.05, 4.69) is 18.0 Å². The molecule has 0 saturated heterocycles. The number of hydrogen-bond acceptors (Lipinski definition) is 3. The fourth-order valence-electron chi connectivity index (χ4n) is 3.16. The Bertz CT molecular complexity index is 477. The molecule has 0 heterocycles. The van der Waals surface area contributed by atoms with Crippen molar-refractivity contribution < 1.29 is 19.4 Å². The van der Waals surface area contributed by atoms with E-state index in [4.69, 9.17) is 4.74 Å². The van der Waals surface area contributed by atoms with Crippen molar-refractivity contribution in [2.24, 2.45) is 5.41 Å². The minimum Gasteiger partial charge on any atom is -0.480 e. The van der Waals surface area contributed by atoms with Crippen LogP contribution in [0, 0.1) is 5.41 Å². The third-order valence-corrected chi connectivity index (χ3v) is 4.65. The average molecular weight is 307 g/mol. The second-order valence-electron chi connectivity index (χ2n) is 6.52. The summed E-state index contributed by atoms with van der Waals surface area (Å²) in [7, 11) is 0. The standard InChI is InChI=1S/C17H25NO4/c1-3-4-5-8-12-11-13(12)22-16(21)18-14(15(19)20)17(2)9-6-7-10-17/h3,8,13-14H,1,4-7,9-11H2,2H3,(H,18,21)(H,19,20)/t13-,14-/m1/s1. The van der Waals surface area contributed by atoms with E-state index in [1.807, 2.05) is 13.0 Å². The van der Waals surface area contributed by atoms with Gasteiger partial charge < -0.3 is 15.2 Å². The average Bonchev–Trinajstić information content (AvgIpc) is 3.03. The number of carboxylic acids is 1. The molecule has 0 aromatic rings. The Balaban J connectivity index is 1.84. The van der Waals surface area contributed by atoms with Gasteiger partial charge in [0.15, 0.2) is 0 Å². The zero-order valence-corrected chi connectivity index (χ0v) is 13.1. The molecular formula is C17H25NO4. The number of nitrogens with one attached hydrogen (secondary N) is 1. The second kappa shape index (κ2) is 6.99. The number of rotatable bonds is 7. The van der Waals surface area contributed by atoms with Gasteiger partial charge in [-0.25, -0.2) is 9.59 Å². The van der Waals surface area contributed by atoms with Gasteiger partial charge in [0, 0.05) is 6.42 Å². The molecule has 2 atom stereocenters. The first-order chi connectivity index (χ1) is 10.5. The van der Waals surface area contributed by atoms with Crippen LogP contribution in [0.3, 0.4) is 0 Å². The van der Waals surface area contributed by atoms with Crippen molar-refractivity contribution in [1.82, 2.24) is 5.32 Å². The molecule has 2 rings (SSSR count). The van der Waals surface area contributed by atoms with Crippen LogP contribution in [0.2, 0.25) is 0 Å². The van der Waals surface area contributed by atoms with Crippen molar-refractivity contribution in [2.45, 2.75) is 64.0 Å². The Morgan fingerprint density at radius 2 is 2.14 bits per heavy atom. The lowest BCUT2D eigenvalue weighted by Gasteiger charge is -2.31. The van der Waals surface area contributed by atoms with Crippen LogP contribution in [0.4, 0.5) is 4.79 Å². The molecule has 5 heteroatoms. The zero-order chi connectivity index (χ0) is 16.2. The number of alkyl carbamates (subject to hydrolysis) is 1. The van der Waals surface area contributed by atoms with Gasteiger partial charge in [-0.3, -0.25) is 0 Å². The number of carboxylic acid groups (broad SMARTS) is 1. The number of carbonyl (C=O) groups excluding carboxylic acids is 1. The quantitative estimate of drug-likeness (QED) is 0.558. The predicted octanol–water partition coefficient (Wildman–Crippen LogP) is 3.41. The molecule has 22 heavy (non-hydrogen) atoms. The number of allylic oxidation sites excluding steroid dienone is 2. The highest BCUT2D eigenvalue weighted by Gasteiger charge is 2.43. The predicted molar refractivity (Wildman–Crippen MR) is 83.5 cm³/mol. The SMILES string of the molecule is C=CCCC=C1C[C@H]1OC(=O)N[C@H](C(=O)O)C1(C)CCCC1. The van der Waals surface area contributed by atoms with Crippen LogP contribution in [-0.4, -0.2) is 29.3 Å². The normalized spacial score (nSPS) is 25.5. The van der Waals surface area contributed by atoms with Crippen molar-refractivity contribution >= 4 is 12.1 Å². The van der Waals surface area contributed by atoms with E-state index in [9.17, 15) is 14.7 Å². The summed E-state index contributed by atoms with van der Waals surface area (Å²) in [5.74, 6) is -0.987. The van der Waals surface area contributed by atoms with Crippen LogP contribution in [0.1, 0.15) is 51.9 Å². The smallest absolute Gasteiger partial charge is 0.408 e. The van der Waals surface area contributed by atoms with Crippen molar-refractivity contribution in [3.05, 3.63) is 24.3 Å². The molecule has 2 aliphatic rings. The molecule has 0 radical (unpaired) electrons. The zero-order valence-electron chi connectivity index (χ0n) is 13.1. The maximum atomic E-state index is 11.9. The highest BCUT2D eigenvalue weighted by molar-refractivity contribution is 5.81. The molecule has 122 valence electrons. The van der Waals surface area contributed by atoms with E-state index in [1.54, 1.807) is 0 Å². The van der Waals surface area contributed by atoms with Gasteiger partial charge in [0.2, 0.25) is 0 Å². The number of hydrogen-bond donors (Lipinski definition) is 2. The summed E-state index contributed by atoms with van der Waals surface area (Å²) >= 11 is 0. The van der Waals surface area contributed by atoms with Gasteiger partial charge in [-0.05, 0) is 36.7 Å². The van der Waals surface area contributed by atoms with Crippen molar-refractivity contribution in [2.75, 3.05) is 0 Å². The maximum absolute atomic E-state index is 11.9. The molecule has 2 N–H and O–H groups in total. The van der Waals surface area contributed by atoms with E-state index >= 15 is 0 Å². The monoisotopic (exact) mass is 307 g/mol. The van der Waals surface area contributed by atoms with Gasteiger partial charge in [0.1, 0.15) is 12.1 Å². The van der Waals surface area contributed by atoms with Crippen molar-refractivity contribution in [1.29, 1.82) is 0 Å². The van der Waals surface area contributed by atoms with Crippen LogP contribution in [0.25, 0.3) is 0 Å². The lowest BCUT2D eigenvalue weighted by molar-refractivity contribution is -0.142. The number of unbranched alkanes of at least 4 members (excludes halogenated alkanes) is 1. The van der Waals surface area contributed by atoms with Gasteiger partial charge in [0.05, 0.1) is 0 Å². The Kier molecular flexibility index (Phi) is 5.27. The molecule has 2 saturated carbocycles. The van der Waals surface area contributed by atoms with E-state index in [1.165, 1.54) is 0 Å². The molecule has 5 nitrogen and oxygen atoms in total. The first-order valence-electron chi connectivity index (χ1n) is 7.96. The van der Waals surface area contributed by atoms with Crippen LogP contribution in [-0.2, 0) is 9.53 Å². The minimum atomic E-state index is -0.987. The topological polar surface area (TPSA) is 75.6 Å². The van der Waals surface area contributed by atoms with E-state index < -0.39 is 18.1 Å². The molecule has 0 aromatic heterocycles. The molecule has 0 bridgehead atoms. The van der Waals surface area contributed by atoms with E-state index in [0.29, 0.717) is 0 Å². The van der Waals surface area contributed by atoms with Gasteiger partial charge in [-0.1, -0.05) is 31.9 Å². The first-order valence-corrected chi connectivity index (χ1v) is 7.96.